The summed E-state index contributed by atoms with van der Waals surface area (Å²) in [4.78, 5) is 4.30. The van der Waals surface area contributed by atoms with E-state index in [-0.39, 0.29) is 0 Å². The summed E-state index contributed by atoms with van der Waals surface area (Å²) in [5.74, 6) is 1.87. The second-order valence-electron chi connectivity index (χ2n) is 4.41. The molecule has 0 radical (unpaired) electrons. The molecule has 0 aliphatic rings. The maximum atomic E-state index is 5.33. The third-order valence-electron chi connectivity index (χ3n) is 3.10. The summed E-state index contributed by atoms with van der Waals surface area (Å²) < 4.78 is 16.0. The van der Waals surface area contributed by atoms with Gasteiger partial charge < -0.3 is 19.5 Å². The molecule has 112 valence electrons. The van der Waals surface area contributed by atoms with Crippen molar-refractivity contribution in [1.82, 2.24) is 4.98 Å². The lowest BCUT2D eigenvalue weighted by atomic mass is 10.2. The van der Waals surface area contributed by atoms with E-state index in [0.717, 1.165) is 24.3 Å². The van der Waals surface area contributed by atoms with Crippen LogP contribution in [0.1, 0.15) is 5.69 Å². The predicted molar refractivity (Wildman–Crippen MR) is 82.5 cm³/mol. The minimum Gasteiger partial charge on any atom is -0.493 e. The first-order chi connectivity index (χ1) is 10.3. The molecular formula is C16H20N2O3. The van der Waals surface area contributed by atoms with Crippen molar-refractivity contribution in [3.05, 3.63) is 42.2 Å². The molecule has 21 heavy (non-hydrogen) atoms. The second kappa shape index (κ2) is 7.38. The van der Waals surface area contributed by atoms with E-state index in [4.69, 9.17) is 14.2 Å². The Morgan fingerprint density at radius 3 is 2.24 bits per heavy atom. The Bertz CT molecular complexity index is 548. The Morgan fingerprint density at radius 1 is 1.00 bits per heavy atom. The first-order valence-electron chi connectivity index (χ1n) is 6.72. The fourth-order valence-corrected chi connectivity index (χ4v) is 2.06. The molecule has 5 nitrogen and oxygen atoms in total. The molecule has 2 aromatic rings. The molecule has 0 fully saturated rings. The van der Waals surface area contributed by atoms with E-state index >= 15 is 0 Å². The van der Waals surface area contributed by atoms with Crippen LogP contribution in [0.25, 0.3) is 0 Å². The quantitative estimate of drug-likeness (QED) is 0.849. The zero-order valence-corrected chi connectivity index (χ0v) is 12.6. The van der Waals surface area contributed by atoms with Crippen LogP contribution >= 0.6 is 0 Å². The molecule has 2 rings (SSSR count). The van der Waals surface area contributed by atoms with E-state index in [1.54, 1.807) is 27.5 Å². The highest BCUT2D eigenvalue weighted by atomic mass is 16.5. The number of nitrogens with one attached hydrogen (secondary N) is 1. The molecule has 1 N–H and O–H groups in total. The van der Waals surface area contributed by atoms with Gasteiger partial charge in [-0.25, -0.2) is 0 Å². The molecule has 0 amide bonds. The largest absolute Gasteiger partial charge is 0.493 e. The summed E-state index contributed by atoms with van der Waals surface area (Å²) in [5.41, 5.74) is 1.97. The Hall–Kier alpha value is -2.43. The number of ether oxygens (including phenoxy) is 3. The van der Waals surface area contributed by atoms with Crippen molar-refractivity contribution >= 4 is 5.69 Å². The lowest BCUT2D eigenvalue weighted by Crippen LogP contribution is -2.06. The van der Waals surface area contributed by atoms with Crippen molar-refractivity contribution < 1.29 is 14.2 Å². The number of methoxy groups -OCH3 is 3. The minimum absolute atomic E-state index is 0.593. The lowest BCUT2D eigenvalue weighted by molar-refractivity contribution is 0.324. The summed E-state index contributed by atoms with van der Waals surface area (Å²) in [7, 11) is 4.80. The van der Waals surface area contributed by atoms with Crippen LogP contribution in [0.3, 0.4) is 0 Å². The normalized spacial score (nSPS) is 10.0. The highest BCUT2D eigenvalue weighted by Gasteiger charge is 2.12. The van der Waals surface area contributed by atoms with Crippen LogP contribution in [-0.4, -0.2) is 32.9 Å². The molecule has 1 heterocycles. The van der Waals surface area contributed by atoms with Gasteiger partial charge in [-0.15, -0.1) is 0 Å². The van der Waals surface area contributed by atoms with Crippen molar-refractivity contribution in [3.63, 3.8) is 0 Å². The van der Waals surface area contributed by atoms with Gasteiger partial charge in [0, 0.05) is 42.7 Å². The molecular weight excluding hydrogens is 268 g/mol. The molecule has 0 bridgehead atoms. The molecule has 0 saturated carbocycles. The Labute approximate surface area is 124 Å². The number of nitrogens with zero attached hydrogens (tertiary/aromatic N) is 1. The average Bonchev–Trinajstić information content (AvgIpc) is 2.54. The van der Waals surface area contributed by atoms with Crippen LogP contribution in [0.5, 0.6) is 17.2 Å². The second-order valence-corrected chi connectivity index (χ2v) is 4.41. The van der Waals surface area contributed by atoms with E-state index in [0.29, 0.717) is 17.2 Å². The van der Waals surface area contributed by atoms with E-state index < -0.39 is 0 Å². The highest BCUT2D eigenvalue weighted by Crippen LogP contribution is 2.39. The van der Waals surface area contributed by atoms with Gasteiger partial charge in [-0.3, -0.25) is 4.98 Å². The molecule has 0 unspecified atom stereocenters. The highest BCUT2D eigenvalue weighted by molar-refractivity contribution is 5.62. The van der Waals surface area contributed by atoms with Crippen LogP contribution in [0.4, 0.5) is 5.69 Å². The minimum atomic E-state index is 0.593. The number of rotatable bonds is 7. The zero-order chi connectivity index (χ0) is 15.1. The summed E-state index contributed by atoms with van der Waals surface area (Å²) in [6, 6.07) is 9.69. The van der Waals surface area contributed by atoms with Crippen LogP contribution < -0.4 is 19.5 Å². The standard InChI is InChI=1S/C16H20N2O3/c1-19-14-10-13(11-15(20-2)16(14)21-3)18-9-7-12-6-4-5-8-17-12/h4-6,8,10-11,18H,7,9H2,1-3H3. The summed E-state index contributed by atoms with van der Waals surface area (Å²) >= 11 is 0. The molecule has 1 aromatic carbocycles. The SMILES string of the molecule is COc1cc(NCCc2ccccn2)cc(OC)c1OC. The van der Waals surface area contributed by atoms with Gasteiger partial charge in [0.25, 0.3) is 0 Å². The van der Waals surface area contributed by atoms with Gasteiger partial charge in [0.15, 0.2) is 11.5 Å². The van der Waals surface area contributed by atoms with E-state index in [1.165, 1.54) is 0 Å². The van der Waals surface area contributed by atoms with Crippen LogP contribution in [0, 0.1) is 0 Å². The van der Waals surface area contributed by atoms with Crippen molar-refractivity contribution in [1.29, 1.82) is 0 Å². The van der Waals surface area contributed by atoms with E-state index in [2.05, 4.69) is 10.3 Å². The maximum absolute atomic E-state index is 5.33. The van der Waals surface area contributed by atoms with Gasteiger partial charge in [0.1, 0.15) is 0 Å². The molecule has 0 aliphatic carbocycles. The van der Waals surface area contributed by atoms with Crippen molar-refractivity contribution in [2.24, 2.45) is 0 Å². The predicted octanol–water partition coefficient (Wildman–Crippen LogP) is 2.76. The molecule has 0 spiro atoms. The Balaban J connectivity index is 2.06. The summed E-state index contributed by atoms with van der Waals surface area (Å²) in [5, 5.41) is 3.34. The monoisotopic (exact) mass is 288 g/mol. The molecule has 5 heteroatoms. The third-order valence-corrected chi connectivity index (χ3v) is 3.10. The van der Waals surface area contributed by atoms with Gasteiger partial charge in [-0.1, -0.05) is 6.07 Å². The molecule has 1 aromatic heterocycles. The van der Waals surface area contributed by atoms with Crippen molar-refractivity contribution in [2.45, 2.75) is 6.42 Å². The number of pyridine rings is 1. The maximum Gasteiger partial charge on any atom is 0.203 e. The van der Waals surface area contributed by atoms with Crippen molar-refractivity contribution in [2.75, 3.05) is 33.2 Å². The smallest absolute Gasteiger partial charge is 0.203 e. The van der Waals surface area contributed by atoms with Gasteiger partial charge in [-0.2, -0.15) is 0 Å². The molecule has 0 aliphatic heterocycles. The van der Waals surface area contributed by atoms with Crippen LogP contribution in [0.15, 0.2) is 36.5 Å². The van der Waals surface area contributed by atoms with E-state index in [9.17, 15) is 0 Å². The number of anilines is 1. The average molecular weight is 288 g/mol. The van der Waals surface area contributed by atoms with Gasteiger partial charge in [0.05, 0.1) is 21.3 Å². The first-order valence-corrected chi connectivity index (χ1v) is 6.72. The molecule has 0 atom stereocenters. The topological polar surface area (TPSA) is 52.6 Å². The Morgan fingerprint density at radius 2 is 1.71 bits per heavy atom. The van der Waals surface area contributed by atoms with Gasteiger partial charge in [0.2, 0.25) is 5.75 Å². The van der Waals surface area contributed by atoms with Crippen LogP contribution in [0.2, 0.25) is 0 Å². The zero-order valence-electron chi connectivity index (χ0n) is 12.6. The number of hydrogen-bond donors (Lipinski definition) is 1. The number of benzene rings is 1. The fraction of sp³-hybridized carbons (Fsp3) is 0.312. The fourth-order valence-electron chi connectivity index (χ4n) is 2.06. The number of aromatic nitrogens is 1. The van der Waals surface area contributed by atoms with Gasteiger partial charge >= 0.3 is 0 Å². The van der Waals surface area contributed by atoms with Gasteiger partial charge in [-0.05, 0) is 12.1 Å². The Kier molecular flexibility index (Phi) is 5.26. The van der Waals surface area contributed by atoms with E-state index in [1.807, 2.05) is 30.3 Å². The first kappa shape index (κ1) is 15.0. The molecule has 0 saturated heterocycles. The summed E-state index contributed by atoms with van der Waals surface area (Å²) in [6.45, 7) is 0.773. The summed E-state index contributed by atoms with van der Waals surface area (Å²) in [6.07, 6.45) is 2.65. The third kappa shape index (κ3) is 3.78. The number of hydrogen-bond acceptors (Lipinski definition) is 5. The van der Waals surface area contributed by atoms with Crippen LogP contribution in [-0.2, 0) is 6.42 Å². The lowest BCUT2D eigenvalue weighted by Gasteiger charge is -2.15. The van der Waals surface area contributed by atoms with Crippen molar-refractivity contribution in [3.8, 4) is 17.2 Å².